The first-order valence-corrected chi connectivity index (χ1v) is 5.90. The second-order valence-corrected chi connectivity index (χ2v) is 4.26. The summed E-state index contributed by atoms with van der Waals surface area (Å²) in [5, 5.41) is 13.3. The minimum absolute atomic E-state index is 0.00214. The van der Waals surface area contributed by atoms with Crippen molar-refractivity contribution in [3.05, 3.63) is 57.0 Å². The number of hydrogen-bond acceptors (Lipinski definition) is 5. The second-order valence-electron chi connectivity index (χ2n) is 3.92. The average molecular weight is 293 g/mol. The molecule has 0 aliphatic heterocycles. The number of aromatic nitrogens is 2. The third-order valence-corrected chi connectivity index (χ3v) is 2.72. The van der Waals surface area contributed by atoms with Crippen molar-refractivity contribution in [3.8, 4) is 0 Å². The van der Waals surface area contributed by atoms with Gasteiger partial charge in [0.05, 0.1) is 4.92 Å². The Balaban J connectivity index is 2.26. The van der Waals surface area contributed by atoms with Crippen molar-refractivity contribution in [1.82, 2.24) is 9.97 Å². The van der Waals surface area contributed by atoms with Gasteiger partial charge in [0.15, 0.2) is 0 Å². The standard InChI is InChI=1S/C12H9ClN4O3/c1-7-2-3-8(6-9(7)17(19)20)11(18)15-10-4-5-14-12(13)16-10/h2-6H,1H3,(H,14,15,16,18). The molecule has 0 atom stereocenters. The van der Waals surface area contributed by atoms with Crippen LogP contribution in [-0.2, 0) is 0 Å². The zero-order valence-corrected chi connectivity index (χ0v) is 11.1. The zero-order valence-electron chi connectivity index (χ0n) is 10.3. The minimum atomic E-state index is -0.534. The fourth-order valence-corrected chi connectivity index (χ4v) is 1.69. The van der Waals surface area contributed by atoms with Crippen LogP contribution in [0.15, 0.2) is 30.5 Å². The van der Waals surface area contributed by atoms with Crippen LogP contribution in [0.1, 0.15) is 15.9 Å². The average Bonchev–Trinajstić information content (AvgIpc) is 2.38. The van der Waals surface area contributed by atoms with Crippen molar-refractivity contribution in [3.63, 3.8) is 0 Å². The highest BCUT2D eigenvalue weighted by Gasteiger charge is 2.15. The van der Waals surface area contributed by atoms with Crippen molar-refractivity contribution < 1.29 is 9.72 Å². The zero-order chi connectivity index (χ0) is 14.7. The molecule has 1 aromatic heterocycles. The van der Waals surface area contributed by atoms with E-state index in [1.165, 1.54) is 30.5 Å². The molecule has 20 heavy (non-hydrogen) atoms. The van der Waals surface area contributed by atoms with E-state index in [2.05, 4.69) is 15.3 Å². The van der Waals surface area contributed by atoms with Gasteiger partial charge in [0.2, 0.25) is 5.28 Å². The van der Waals surface area contributed by atoms with Gasteiger partial charge in [-0.3, -0.25) is 14.9 Å². The number of amides is 1. The van der Waals surface area contributed by atoms with E-state index in [4.69, 9.17) is 11.6 Å². The lowest BCUT2D eigenvalue weighted by atomic mass is 10.1. The summed E-state index contributed by atoms with van der Waals surface area (Å²) >= 11 is 5.60. The predicted molar refractivity (Wildman–Crippen MR) is 72.8 cm³/mol. The molecule has 0 bridgehead atoms. The molecule has 0 saturated carbocycles. The lowest BCUT2D eigenvalue weighted by molar-refractivity contribution is -0.385. The number of rotatable bonds is 3. The van der Waals surface area contributed by atoms with Crippen molar-refractivity contribution in [2.75, 3.05) is 5.32 Å². The summed E-state index contributed by atoms with van der Waals surface area (Å²) < 4.78 is 0. The number of halogens is 1. The Hall–Kier alpha value is -2.54. The molecule has 1 amide bonds. The normalized spacial score (nSPS) is 10.1. The third-order valence-electron chi connectivity index (χ3n) is 2.54. The van der Waals surface area contributed by atoms with Gasteiger partial charge in [-0.25, -0.2) is 9.97 Å². The molecule has 8 heteroatoms. The van der Waals surface area contributed by atoms with E-state index in [0.29, 0.717) is 5.56 Å². The van der Waals surface area contributed by atoms with Crippen molar-refractivity contribution in [1.29, 1.82) is 0 Å². The number of carbonyl (C=O) groups is 1. The molecule has 2 rings (SSSR count). The fraction of sp³-hybridized carbons (Fsp3) is 0.0833. The molecule has 0 spiro atoms. The second kappa shape index (κ2) is 5.62. The first kappa shape index (κ1) is 13.9. The van der Waals surface area contributed by atoms with Gasteiger partial charge in [0, 0.05) is 23.4 Å². The molecule has 0 fully saturated rings. The lowest BCUT2D eigenvalue weighted by Crippen LogP contribution is -2.13. The van der Waals surface area contributed by atoms with Gasteiger partial charge < -0.3 is 5.32 Å². The van der Waals surface area contributed by atoms with E-state index in [1.54, 1.807) is 6.92 Å². The molecule has 0 radical (unpaired) electrons. The molecule has 1 aromatic carbocycles. The quantitative estimate of drug-likeness (QED) is 0.532. The van der Waals surface area contributed by atoms with Crippen molar-refractivity contribution in [2.45, 2.75) is 6.92 Å². The number of nitro benzene ring substituents is 1. The van der Waals surface area contributed by atoms with Gasteiger partial charge in [-0.05, 0) is 30.7 Å². The summed E-state index contributed by atoms with van der Waals surface area (Å²) in [4.78, 5) is 29.8. The number of hydrogen-bond donors (Lipinski definition) is 1. The molecule has 0 unspecified atom stereocenters. The smallest absolute Gasteiger partial charge is 0.273 e. The largest absolute Gasteiger partial charge is 0.306 e. The number of benzene rings is 1. The number of aryl methyl sites for hydroxylation is 1. The summed E-state index contributed by atoms with van der Waals surface area (Å²) in [6.07, 6.45) is 1.39. The van der Waals surface area contributed by atoms with Gasteiger partial charge in [-0.15, -0.1) is 0 Å². The maximum absolute atomic E-state index is 12.0. The maximum atomic E-state index is 12.0. The number of nitrogens with zero attached hydrogens (tertiary/aromatic N) is 3. The molecule has 1 N–H and O–H groups in total. The molecule has 7 nitrogen and oxygen atoms in total. The van der Waals surface area contributed by atoms with Crippen LogP contribution in [0.2, 0.25) is 5.28 Å². The molecule has 0 aliphatic rings. The molecular weight excluding hydrogens is 284 g/mol. The third kappa shape index (κ3) is 3.07. The Morgan fingerprint density at radius 2 is 2.15 bits per heavy atom. The van der Waals surface area contributed by atoms with Crippen LogP contribution in [0.3, 0.4) is 0 Å². The van der Waals surface area contributed by atoms with Crippen LogP contribution < -0.4 is 5.32 Å². The van der Waals surface area contributed by atoms with Crippen LogP contribution in [0, 0.1) is 17.0 Å². The van der Waals surface area contributed by atoms with Gasteiger partial charge in [-0.2, -0.15) is 0 Å². The van der Waals surface area contributed by atoms with E-state index in [0.717, 1.165) is 0 Å². The first-order chi connectivity index (χ1) is 9.47. The fourth-order valence-electron chi connectivity index (χ4n) is 1.54. The molecular formula is C12H9ClN4O3. The summed E-state index contributed by atoms with van der Waals surface area (Å²) in [5.41, 5.74) is 0.534. The minimum Gasteiger partial charge on any atom is -0.306 e. The lowest BCUT2D eigenvalue weighted by Gasteiger charge is -2.05. The highest BCUT2D eigenvalue weighted by molar-refractivity contribution is 6.28. The van der Waals surface area contributed by atoms with Crippen molar-refractivity contribution >= 4 is 29.0 Å². The SMILES string of the molecule is Cc1ccc(C(=O)Nc2ccnc(Cl)n2)cc1[N+](=O)[O-]. The molecule has 0 aliphatic carbocycles. The topological polar surface area (TPSA) is 98.0 Å². The number of anilines is 1. The summed E-state index contributed by atoms with van der Waals surface area (Å²) in [6, 6.07) is 5.69. The number of nitrogens with one attached hydrogen (secondary N) is 1. The van der Waals surface area contributed by atoms with Gasteiger partial charge in [-0.1, -0.05) is 6.07 Å². The molecule has 1 heterocycles. The summed E-state index contributed by atoms with van der Waals surface area (Å²) in [6.45, 7) is 1.60. The number of carbonyl (C=O) groups excluding carboxylic acids is 1. The first-order valence-electron chi connectivity index (χ1n) is 5.52. The molecule has 0 saturated heterocycles. The van der Waals surface area contributed by atoms with Crippen LogP contribution >= 0.6 is 11.6 Å². The van der Waals surface area contributed by atoms with Crippen LogP contribution in [0.25, 0.3) is 0 Å². The molecule has 2 aromatic rings. The van der Waals surface area contributed by atoms with Crippen LogP contribution in [-0.4, -0.2) is 20.8 Å². The van der Waals surface area contributed by atoms with E-state index in [1.807, 2.05) is 0 Å². The molecule has 102 valence electrons. The van der Waals surface area contributed by atoms with E-state index in [9.17, 15) is 14.9 Å². The Kier molecular flexibility index (Phi) is 3.90. The Morgan fingerprint density at radius 3 is 2.80 bits per heavy atom. The maximum Gasteiger partial charge on any atom is 0.273 e. The number of nitro groups is 1. The monoisotopic (exact) mass is 292 g/mol. The van der Waals surface area contributed by atoms with E-state index in [-0.39, 0.29) is 22.4 Å². The Morgan fingerprint density at radius 1 is 1.40 bits per heavy atom. The Bertz CT molecular complexity index is 690. The summed E-state index contributed by atoms with van der Waals surface area (Å²) in [7, 11) is 0. The highest BCUT2D eigenvalue weighted by atomic mass is 35.5. The Labute approximate surface area is 118 Å². The van der Waals surface area contributed by atoms with Gasteiger partial charge in [0.1, 0.15) is 5.82 Å². The van der Waals surface area contributed by atoms with Crippen LogP contribution in [0.5, 0.6) is 0 Å². The van der Waals surface area contributed by atoms with E-state index < -0.39 is 10.8 Å². The van der Waals surface area contributed by atoms with Crippen molar-refractivity contribution in [2.24, 2.45) is 0 Å². The van der Waals surface area contributed by atoms with Crippen LogP contribution in [0.4, 0.5) is 11.5 Å². The van der Waals surface area contributed by atoms with Gasteiger partial charge >= 0.3 is 0 Å². The predicted octanol–water partition coefficient (Wildman–Crippen LogP) is 2.60. The highest BCUT2D eigenvalue weighted by Crippen LogP contribution is 2.20. The van der Waals surface area contributed by atoms with E-state index >= 15 is 0 Å². The summed E-state index contributed by atoms with van der Waals surface area (Å²) in [5.74, 6) is -0.291. The van der Waals surface area contributed by atoms with Gasteiger partial charge in [0.25, 0.3) is 11.6 Å².